The number of likely N-dealkylation sites (tertiary alicyclic amines) is 1. The number of rotatable bonds is 7. The number of benzene rings is 2. The molecule has 2 atom stereocenters. The van der Waals surface area contributed by atoms with Crippen molar-refractivity contribution in [2.24, 2.45) is 0 Å². The molecular weight excluding hydrogens is 340 g/mol. The van der Waals surface area contributed by atoms with Crippen molar-refractivity contribution < 1.29 is 14.6 Å². The van der Waals surface area contributed by atoms with E-state index in [0.29, 0.717) is 13.1 Å². The molecule has 1 saturated heterocycles. The minimum absolute atomic E-state index is 0.0727. The van der Waals surface area contributed by atoms with Gasteiger partial charge in [0.15, 0.2) is 0 Å². The first-order valence-corrected chi connectivity index (χ1v) is 9.42. The third kappa shape index (κ3) is 4.87. The molecule has 0 saturated carbocycles. The van der Waals surface area contributed by atoms with E-state index in [4.69, 9.17) is 4.74 Å². The summed E-state index contributed by atoms with van der Waals surface area (Å²) in [5, 5.41) is 10.8. The van der Waals surface area contributed by atoms with Gasteiger partial charge in [-0.2, -0.15) is 0 Å². The summed E-state index contributed by atoms with van der Waals surface area (Å²) in [6.45, 7) is 1.78. The van der Waals surface area contributed by atoms with Crippen LogP contribution in [0, 0.1) is 0 Å². The minimum atomic E-state index is -0.679. The van der Waals surface area contributed by atoms with E-state index < -0.39 is 6.10 Å². The van der Waals surface area contributed by atoms with Gasteiger partial charge in [0, 0.05) is 13.1 Å². The van der Waals surface area contributed by atoms with Crippen LogP contribution in [-0.2, 0) is 11.3 Å². The summed E-state index contributed by atoms with van der Waals surface area (Å²) in [4.78, 5) is 16.7. The van der Waals surface area contributed by atoms with Crippen LogP contribution in [0.2, 0.25) is 0 Å². The Morgan fingerprint density at radius 2 is 1.93 bits per heavy atom. The summed E-state index contributed by atoms with van der Waals surface area (Å²) < 4.78 is 5.17. The number of likely N-dealkylation sites (N-methyl/N-ethyl adjacent to an activating group) is 1. The maximum absolute atomic E-state index is 12.8. The Bertz CT molecular complexity index is 733. The summed E-state index contributed by atoms with van der Waals surface area (Å²) in [6, 6.07) is 17.4. The zero-order valence-electron chi connectivity index (χ0n) is 16.0. The van der Waals surface area contributed by atoms with Crippen LogP contribution in [0.1, 0.15) is 30.1 Å². The van der Waals surface area contributed by atoms with Gasteiger partial charge in [-0.25, -0.2) is 0 Å². The summed E-state index contributed by atoms with van der Waals surface area (Å²) in [6.07, 6.45) is 1.06. The number of carbonyl (C=O) groups is 1. The number of carbonyl (C=O) groups excluding carboxylic acids is 1. The van der Waals surface area contributed by atoms with Gasteiger partial charge in [0.1, 0.15) is 5.75 Å². The monoisotopic (exact) mass is 368 g/mol. The molecule has 1 amide bonds. The molecule has 1 fully saturated rings. The molecule has 27 heavy (non-hydrogen) atoms. The second-order valence-corrected chi connectivity index (χ2v) is 7.17. The van der Waals surface area contributed by atoms with Gasteiger partial charge in [0.2, 0.25) is 5.91 Å². The van der Waals surface area contributed by atoms with E-state index in [-0.39, 0.29) is 11.9 Å². The Labute approximate surface area is 161 Å². The number of methoxy groups -OCH3 is 1. The number of hydrogen-bond donors (Lipinski definition) is 1. The van der Waals surface area contributed by atoms with Gasteiger partial charge in [-0.3, -0.25) is 9.69 Å². The van der Waals surface area contributed by atoms with Crippen LogP contribution in [0.4, 0.5) is 0 Å². The Morgan fingerprint density at radius 3 is 2.59 bits per heavy atom. The third-order valence-corrected chi connectivity index (χ3v) is 5.14. The smallest absolute Gasteiger partial charge is 0.237 e. The second kappa shape index (κ2) is 9.02. The lowest BCUT2D eigenvalue weighted by Crippen LogP contribution is -2.43. The number of aliphatic hydroxyl groups excluding tert-OH is 1. The number of nitrogens with zero attached hydrogens (tertiary/aromatic N) is 2. The predicted molar refractivity (Wildman–Crippen MR) is 105 cm³/mol. The van der Waals surface area contributed by atoms with E-state index >= 15 is 0 Å². The molecule has 0 unspecified atom stereocenters. The quantitative estimate of drug-likeness (QED) is 0.817. The van der Waals surface area contributed by atoms with Crippen molar-refractivity contribution in [2.45, 2.75) is 31.5 Å². The number of aliphatic hydroxyl groups is 1. The summed E-state index contributed by atoms with van der Waals surface area (Å²) in [5.41, 5.74) is 2.00. The largest absolute Gasteiger partial charge is 0.497 e. The predicted octanol–water partition coefficient (Wildman–Crippen LogP) is 2.85. The van der Waals surface area contributed by atoms with E-state index in [1.165, 1.54) is 5.56 Å². The first kappa shape index (κ1) is 19.4. The first-order chi connectivity index (χ1) is 13.1. The molecule has 1 aliphatic heterocycles. The highest BCUT2D eigenvalue weighted by molar-refractivity contribution is 5.79. The molecule has 144 valence electrons. The van der Waals surface area contributed by atoms with Crippen molar-refractivity contribution in [1.29, 1.82) is 0 Å². The molecule has 1 N–H and O–H groups in total. The van der Waals surface area contributed by atoms with E-state index in [1.54, 1.807) is 7.11 Å². The molecule has 1 aliphatic rings. The molecule has 3 rings (SSSR count). The SMILES string of the molecule is COc1ccc([C@@H](O)[C@H]2CCCN2C(=O)CN(C)Cc2ccccc2)cc1. The van der Waals surface area contributed by atoms with E-state index in [9.17, 15) is 9.90 Å². The van der Waals surface area contributed by atoms with Crippen LogP contribution >= 0.6 is 0 Å². The molecule has 2 aromatic rings. The molecule has 0 aromatic heterocycles. The van der Waals surface area contributed by atoms with Gasteiger partial charge in [0.05, 0.1) is 25.8 Å². The average molecular weight is 368 g/mol. The lowest BCUT2D eigenvalue weighted by molar-refractivity contribution is -0.135. The van der Waals surface area contributed by atoms with Crippen molar-refractivity contribution in [2.75, 3.05) is 27.2 Å². The number of amides is 1. The van der Waals surface area contributed by atoms with Crippen molar-refractivity contribution >= 4 is 5.91 Å². The second-order valence-electron chi connectivity index (χ2n) is 7.17. The number of ether oxygens (including phenoxy) is 1. The summed E-state index contributed by atoms with van der Waals surface area (Å²) >= 11 is 0. The first-order valence-electron chi connectivity index (χ1n) is 9.42. The average Bonchev–Trinajstić information content (AvgIpc) is 3.18. The van der Waals surface area contributed by atoms with E-state index in [2.05, 4.69) is 12.1 Å². The summed E-state index contributed by atoms with van der Waals surface area (Å²) in [5.74, 6) is 0.830. The fourth-order valence-electron chi connectivity index (χ4n) is 3.73. The molecule has 0 radical (unpaired) electrons. The third-order valence-electron chi connectivity index (χ3n) is 5.14. The zero-order valence-corrected chi connectivity index (χ0v) is 16.0. The van der Waals surface area contributed by atoms with Crippen LogP contribution in [0.3, 0.4) is 0 Å². The molecule has 2 aromatic carbocycles. The van der Waals surface area contributed by atoms with Crippen LogP contribution in [-0.4, -0.2) is 54.1 Å². The van der Waals surface area contributed by atoms with Gasteiger partial charge < -0.3 is 14.7 Å². The fraction of sp³-hybridized carbons (Fsp3) is 0.409. The van der Waals surface area contributed by atoms with Gasteiger partial charge in [-0.05, 0) is 43.1 Å². The molecule has 0 aliphatic carbocycles. The molecule has 5 heteroatoms. The highest BCUT2D eigenvalue weighted by Crippen LogP contribution is 2.30. The molecular formula is C22H28N2O3. The summed E-state index contributed by atoms with van der Waals surface area (Å²) in [7, 11) is 3.57. The van der Waals surface area contributed by atoms with Gasteiger partial charge in [0.25, 0.3) is 0 Å². The van der Waals surface area contributed by atoms with E-state index in [1.807, 2.05) is 59.3 Å². The van der Waals surface area contributed by atoms with Gasteiger partial charge in [-0.15, -0.1) is 0 Å². The Hall–Kier alpha value is -2.37. The van der Waals surface area contributed by atoms with Crippen molar-refractivity contribution in [3.63, 3.8) is 0 Å². The highest BCUT2D eigenvalue weighted by Gasteiger charge is 2.34. The lowest BCUT2D eigenvalue weighted by Gasteiger charge is -2.30. The normalized spacial score (nSPS) is 17.9. The van der Waals surface area contributed by atoms with Crippen LogP contribution in [0.15, 0.2) is 54.6 Å². The maximum Gasteiger partial charge on any atom is 0.237 e. The zero-order chi connectivity index (χ0) is 19.2. The van der Waals surface area contributed by atoms with E-state index in [0.717, 1.165) is 30.7 Å². The van der Waals surface area contributed by atoms with Crippen molar-refractivity contribution in [3.05, 3.63) is 65.7 Å². The van der Waals surface area contributed by atoms with Gasteiger partial charge >= 0.3 is 0 Å². The minimum Gasteiger partial charge on any atom is -0.497 e. The number of hydrogen-bond acceptors (Lipinski definition) is 4. The standard InChI is InChI=1S/C22H28N2O3/c1-23(15-17-7-4-3-5-8-17)16-21(25)24-14-6-9-20(24)22(26)18-10-12-19(27-2)13-11-18/h3-5,7-8,10-13,20,22,26H,6,9,14-16H2,1-2H3/t20-,22-/m1/s1. The molecule has 0 spiro atoms. The van der Waals surface area contributed by atoms with Crippen LogP contribution in [0.5, 0.6) is 5.75 Å². The van der Waals surface area contributed by atoms with Crippen LogP contribution in [0.25, 0.3) is 0 Å². The maximum atomic E-state index is 12.8. The van der Waals surface area contributed by atoms with Crippen molar-refractivity contribution in [3.8, 4) is 5.75 Å². The lowest BCUT2D eigenvalue weighted by atomic mass is 10.00. The highest BCUT2D eigenvalue weighted by atomic mass is 16.5. The molecule has 1 heterocycles. The molecule has 5 nitrogen and oxygen atoms in total. The Balaban J connectivity index is 1.61. The Morgan fingerprint density at radius 1 is 1.22 bits per heavy atom. The van der Waals surface area contributed by atoms with Crippen LogP contribution < -0.4 is 4.74 Å². The Kier molecular flexibility index (Phi) is 6.48. The molecule has 0 bridgehead atoms. The topological polar surface area (TPSA) is 53.0 Å². The van der Waals surface area contributed by atoms with Gasteiger partial charge in [-0.1, -0.05) is 42.5 Å². The fourth-order valence-corrected chi connectivity index (χ4v) is 3.73. The van der Waals surface area contributed by atoms with Crippen molar-refractivity contribution in [1.82, 2.24) is 9.80 Å².